The first kappa shape index (κ1) is 17.2. The van der Waals surface area contributed by atoms with Crippen LogP contribution < -0.4 is 10.1 Å². The molecule has 1 atom stereocenters. The van der Waals surface area contributed by atoms with Crippen molar-refractivity contribution < 1.29 is 13.9 Å². The molecule has 1 aliphatic heterocycles. The van der Waals surface area contributed by atoms with Gasteiger partial charge in [-0.25, -0.2) is 4.39 Å². The van der Waals surface area contributed by atoms with Gasteiger partial charge in [-0.2, -0.15) is 0 Å². The molecule has 0 bridgehead atoms. The normalized spacial score (nSPS) is 21.5. The molecule has 2 aliphatic rings. The molecule has 1 N–H and O–H groups in total. The number of hydrogen-bond acceptors (Lipinski definition) is 4. The van der Waals surface area contributed by atoms with Crippen molar-refractivity contribution in [1.82, 2.24) is 15.1 Å². The number of rotatable bonds is 5. The van der Waals surface area contributed by atoms with Crippen LogP contribution >= 0.6 is 0 Å². The van der Waals surface area contributed by atoms with Gasteiger partial charge in [-0.1, -0.05) is 0 Å². The number of carbonyl (C=O) groups excluding carboxylic acids is 1. The van der Waals surface area contributed by atoms with Crippen molar-refractivity contribution in [1.29, 1.82) is 0 Å². The third kappa shape index (κ3) is 3.54. The summed E-state index contributed by atoms with van der Waals surface area (Å²) < 4.78 is 19.0. The largest absolute Gasteiger partial charge is 0.494 e. The number of methoxy groups -OCH3 is 1. The maximum absolute atomic E-state index is 13.9. The monoisotopic (exact) mass is 335 g/mol. The van der Waals surface area contributed by atoms with Crippen LogP contribution in [0.5, 0.6) is 5.75 Å². The van der Waals surface area contributed by atoms with E-state index in [2.05, 4.69) is 15.1 Å². The van der Waals surface area contributed by atoms with E-state index in [0.717, 1.165) is 44.6 Å². The average molecular weight is 335 g/mol. The van der Waals surface area contributed by atoms with Gasteiger partial charge >= 0.3 is 0 Å². The first-order chi connectivity index (χ1) is 11.6. The number of carbonyl (C=O) groups is 1. The molecule has 1 heterocycles. The maximum Gasteiger partial charge on any atom is 0.234 e. The molecule has 0 aromatic heterocycles. The number of aryl methyl sites for hydroxylation is 1. The van der Waals surface area contributed by atoms with Gasteiger partial charge in [0, 0.05) is 38.8 Å². The lowest BCUT2D eigenvalue weighted by Gasteiger charge is -2.38. The van der Waals surface area contributed by atoms with E-state index in [-0.39, 0.29) is 11.7 Å². The summed E-state index contributed by atoms with van der Waals surface area (Å²) in [6.07, 6.45) is 1.94. The number of piperazine rings is 1. The third-order valence-corrected chi connectivity index (χ3v) is 5.05. The van der Waals surface area contributed by atoms with Gasteiger partial charge in [0.2, 0.25) is 5.91 Å². The fraction of sp³-hybridized carbons (Fsp3) is 0.611. The number of hydrogen-bond donors (Lipinski definition) is 1. The molecule has 1 amide bonds. The van der Waals surface area contributed by atoms with Crippen LogP contribution in [0.3, 0.4) is 0 Å². The first-order valence-electron chi connectivity index (χ1n) is 8.71. The Labute approximate surface area is 142 Å². The molecular weight excluding hydrogens is 309 g/mol. The number of halogens is 1. The lowest BCUT2D eigenvalue weighted by molar-refractivity contribution is -0.122. The Bertz CT molecular complexity index is 600. The van der Waals surface area contributed by atoms with Gasteiger partial charge in [0.05, 0.1) is 13.7 Å². The summed E-state index contributed by atoms with van der Waals surface area (Å²) in [4.78, 5) is 16.4. The Morgan fingerprint density at radius 2 is 2.08 bits per heavy atom. The summed E-state index contributed by atoms with van der Waals surface area (Å²) in [6, 6.07) is 3.82. The van der Waals surface area contributed by atoms with E-state index < -0.39 is 0 Å². The van der Waals surface area contributed by atoms with Crippen molar-refractivity contribution in [2.75, 3.05) is 46.4 Å². The van der Waals surface area contributed by atoms with E-state index in [1.54, 1.807) is 6.07 Å². The second-order valence-corrected chi connectivity index (χ2v) is 6.51. The van der Waals surface area contributed by atoms with E-state index in [1.807, 2.05) is 13.0 Å². The Balaban J connectivity index is 1.62. The van der Waals surface area contributed by atoms with E-state index >= 15 is 0 Å². The highest BCUT2D eigenvalue weighted by Gasteiger charge is 2.31. The summed E-state index contributed by atoms with van der Waals surface area (Å²) in [6.45, 7) is 6.73. The van der Waals surface area contributed by atoms with Crippen molar-refractivity contribution in [3.63, 3.8) is 0 Å². The number of amides is 1. The molecule has 24 heavy (non-hydrogen) atoms. The second kappa shape index (κ2) is 7.49. The predicted molar refractivity (Wildman–Crippen MR) is 90.7 cm³/mol. The first-order valence-corrected chi connectivity index (χ1v) is 8.71. The highest BCUT2D eigenvalue weighted by atomic mass is 19.1. The molecule has 1 aromatic rings. The molecule has 132 valence electrons. The summed E-state index contributed by atoms with van der Waals surface area (Å²) in [5.41, 5.74) is 2.30. The molecule has 6 heteroatoms. The van der Waals surface area contributed by atoms with Crippen LogP contribution in [0.15, 0.2) is 12.1 Å². The minimum atomic E-state index is -0.274. The molecule has 3 rings (SSSR count). The standard InChI is InChI=1S/C18H26FN3O2/c1-3-20-18(23)12-21-6-8-22(9-7-21)16-5-4-13-10-15(19)17(24-2)11-14(13)16/h10-11,16H,3-9,12H2,1-2H3,(H,20,23). The minimum Gasteiger partial charge on any atom is -0.494 e. The van der Waals surface area contributed by atoms with Crippen LogP contribution in [-0.4, -0.2) is 62.1 Å². The number of nitrogens with one attached hydrogen (secondary N) is 1. The van der Waals surface area contributed by atoms with Crippen LogP contribution in [0, 0.1) is 5.82 Å². The second-order valence-electron chi connectivity index (χ2n) is 6.51. The number of fused-ring (bicyclic) bond motifs is 1. The number of likely N-dealkylation sites (N-methyl/N-ethyl adjacent to an activating group) is 1. The van der Waals surface area contributed by atoms with Gasteiger partial charge in [-0.05, 0) is 43.0 Å². The maximum atomic E-state index is 13.9. The Morgan fingerprint density at radius 1 is 1.33 bits per heavy atom. The molecule has 0 radical (unpaired) electrons. The van der Waals surface area contributed by atoms with Gasteiger partial charge in [-0.15, -0.1) is 0 Å². The van der Waals surface area contributed by atoms with E-state index in [1.165, 1.54) is 12.7 Å². The smallest absolute Gasteiger partial charge is 0.234 e. The number of benzene rings is 1. The van der Waals surface area contributed by atoms with Crippen molar-refractivity contribution in [2.45, 2.75) is 25.8 Å². The van der Waals surface area contributed by atoms with Crippen LogP contribution in [-0.2, 0) is 11.2 Å². The molecule has 0 saturated carbocycles. The number of nitrogens with zero attached hydrogens (tertiary/aromatic N) is 2. The van der Waals surface area contributed by atoms with Crippen LogP contribution in [0.4, 0.5) is 4.39 Å². The quantitative estimate of drug-likeness (QED) is 0.887. The van der Waals surface area contributed by atoms with Crippen molar-refractivity contribution in [2.24, 2.45) is 0 Å². The highest BCUT2D eigenvalue weighted by molar-refractivity contribution is 5.77. The Kier molecular flexibility index (Phi) is 5.36. The van der Waals surface area contributed by atoms with Gasteiger partial charge < -0.3 is 10.1 Å². The predicted octanol–water partition coefficient (Wildman–Crippen LogP) is 1.58. The van der Waals surface area contributed by atoms with Crippen LogP contribution in [0.1, 0.15) is 30.5 Å². The minimum absolute atomic E-state index is 0.0948. The lowest BCUT2D eigenvalue weighted by Crippen LogP contribution is -2.50. The zero-order valence-electron chi connectivity index (χ0n) is 14.5. The zero-order chi connectivity index (χ0) is 17.1. The summed E-state index contributed by atoms with van der Waals surface area (Å²) in [5.74, 6) is 0.150. The molecular formula is C18H26FN3O2. The van der Waals surface area contributed by atoms with E-state index in [0.29, 0.717) is 24.9 Å². The Hall–Kier alpha value is -1.66. The topological polar surface area (TPSA) is 44.8 Å². The SMILES string of the molecule is CCNC(=O)CN1CCN(C2CCc3cc(F)c(OC)cc32)CC1. The molecule has 1 unspecified atom stereocenters. The number of ether oxygens (including phenoxy) is 1. The van der Waals surface area contributed by atoms with Crippen molar-refractivity contribution >= 4 is 5.91 Å². The van der Waals surface area contributed by atoms with Crippen LogP contribution in [0.2, 0.25) is 0 Å². The van der Waals surface area contributed by atoms with Gasteiger partial charge in [0.15, 0.2) is 11.6 Å². The molecule has 1 fully saturated rings. The summed E-state index contributed by atoms with van der Waals surface area (Å²) in [7, 11) is 1.51. The van der Waals surface area contributed by atoms with Gasteiger partial charge in [0.25, 0.3) is 0 Å². The molecule has 5 nitrogen and oxygen atoms in total. The molecule has 1 saturated heterocycles. The zero-order valence-corrected chi connectivity index (χ0v) is 14.5. The Morgan fingerprint density at radius 3 is 2.75 bits per heavy atom. The van der Waals surface area contributed by atoms with Gasteiger partial charge in [0.1, 0.15) is 0 Å². The fourth-order valence-corrected chi connectivity index (χ4v) is 3.81. The highest BCUT2D eigenvalue weighted by Crippen LogP contribution is 2.39. The summed E-state index contributed by atoms with van der Waals surface area (Å²) >= 11 is 0. The fourth-order valence-electron chi connectivity index (χ4n) is 3.81. The van der Waals surface area contributed by atoms with E-state index in [4.69, 9.17) is 4.74 Å². The van der Waals surface area contributed by atoms with Crippen molar-refractivity contribution in [3.05, 3.63) is 29.1 Å². The molecule has 0 spiro atoms. The van der Waals surface area contributed by atoms with E-state index in [9.17, 15) is 9.18 Å². The lowest BCUT2D eigenvalue weighted by atomic mass is 10.1. The summed E-state index contributed by atoms with van der Waals surface area (Å²) in [5, 5.41) is 2.85. The molecule has 1 aromatic carbocycles. The average Bonchev–Trinajstić information content (AvgIpc) is 2.97. The van der Waals surface area contributed by atoms with Gasteiger partial charge in [-0.3, -0.25) is 14.6 Å². The van der Waals surface area contributed by atoms with Crippen LogP contribution in [0.25, 0.3) is 0 Å². The third-order valence-electron chi connectivity index (χ3n) is 5.05. The molecule has 1 aliphatic carbocycles. The van der Waals surface area contributed by atoms with Crippen molar-refractivity contribution in [3.8, 4) is 5.75 Å².